The topological polar surface area (TPSA) is 78.1 Å². The van der Waals surface area contributed by atoms with Gasteiger partial charge in [-0.15, -0.1) is 0 Å². The number of rotatable bonds is 7. The van der Waals surface area contributed by atoms with Gasteiger partial charge in [0.1, 0.15) is 11.5 Å². The number of methoxy groups -OCH3 is 4. The molecule has 0 bridgehead atoms. The van der Waals surface area contributed by atoms with Crippen molar-refractivity contribution in [2.24, 2.45) is 0 Å². The van der Waals surface area contributed by atoms with Gasteiger partial charge in [-0.05, 0) is 29.8 Å². The molecule has 0 radical (unpaired) electrons. The quantitative estimate of drug-likeness (QED) is 0.806. The van der Waals surface area contributed by atoms with E-state index in [4.69, 9.17) is 18.9 Å². The van der Waals surface area contributed by atoms with Crippen LogP contribution in [-0.2, 0) is 6.54 Å². The van der Waals surface area contributed by atoms with Crippen LogP contribution in [0.4, 0.5) is 10.5 Å². The van der Waals surface area contributed by atoms with Crippen LogP contribution in [0.3, 0.4) is 0 Å². The van der Waals surface area contributed by atoms with E-state index in [1.54, 1.807) is 45.6 Å². The van der Waals surface area contributed by atoms with Gasteiger partial charge in [0.05, 0.1) is 34.1 Å². The maximum absolute atomic E-state index is 12.2. The average molecular weight is 346 g/mol. The van der Waals surface area contributed by atoms with E-state index in [1.165, 1.54) is 7.11 Å². The van der Waals surface area contributed by atoms with E-state index in [1.807, 2.05) is 12.1 Å². The predicted molar refractivity (Wildman–Crippen MR) is 95.0 cm³/mol. The van der Waals surface area contributed by atoms with Crippen molar-refractivity contribution in [3.8, 4) is 23.0 Å². The summed E-state index contributed by atoms with van der Waals surface area (Å²) in [5.74, 6) is 2.41. The first-order valence-electron chi connectivity index (χ1n) is 7.59. The first-order chi connectivity index (χ1) is 12.1. The Kier molecular flexibility index (Phi) is 6.33. The second-order valence-corrected chi connectivity index (χ2v) is 5.06. The summed E-state index contributed by atoms with van der Waals surface area (Å²) in [7, 11) is 6.23. The molecule has 134 valence electrons. The maximum atomic E-state index is 12.2. The molecule has 0 saturated heterocycles. The molecule has 0 spiro atoms. The molecular formula is C18H22N2O5. The molecule has 0 saturated carbocycles. The average Bonchev–Trinajstić information content (AvgIpc) is 2.65. The molecule has 0 unspecified atom stereocenters. The van der Waals surface area contributed by atoms with Crippen LogP contribution in [-0.4, -0.2) is 34.5 Å². The molecule has 2 rings (SSSR count). The fourth-order valence-corrected chi connectivity index (χ4v) is 2.25. The van der Waals surface area contributed by atoms with Crippen LogP contribution in [0.1, 0.15) is 5.56 Å². The van der Waals surface area contributed by atoms with Crippen LogP contribution < -0.4 is 29.6 Å². The highest BCUT2D eigenvalue weighted by Crippen LogP contribution is 2.29. The van der Waals surface area contributed by atoms with Crippen molar-refractivity contribution >= 4 is 11.7 Å². The number of urea groups is 1. The summed E-state index contributed by atoms with van der Waals surface area (Å²) < 4.78 is 20.8. The van der Waals surface area contributed by atoms with Crippen molar-refractivity contribution in [3.05, 3.63) is 42.0 Å². The standard InChI is InChI=1S/C18H22N2O5/c1-22-13-6-8-15(23-2)14(10-13)20-18(21)19-11-12-5-7-16(24-3)17(9-12)25-4/h5-10H,11H2,1-4H3,(H2,19,20,21). The third-order valence-electron chi connectivity index (χ3n) is 3.56. The summed E-state index contributed by atoms with van der Waals surface area (Å²) in [4.78, 5) is 12.2. The van der Waals surface area contributed by atoms with Crippen LogP contribution in [0.5, 0.6) is 23.0 Å². The Bertz CT molecular complexity index is 733. The lowest BCUT2D eigenvalue weighted by molar-refractivity contribution is 0.251. The molecule has 0 atom stereocenters. The fraction of sp³-hybridized carbons (Fsp3) is 0.278. The Balaban J connectivity index is 2.01. The van der Waals surface area contributed by atoms with Crippen LogP contribution in [0.15, 0.2) is 36.4 Å². The van der Waals surface area contributed by atoms with Gasteiger partial charge in [0, 0.05) is 12.6 Å². The lowest BCUT2D eigenvalue weighted by Crippen LogP contribution is -2.28. The molecule has 2 aromatic rings. The molecule has 2 amide bonds. The maximum Gasteiger partial charge on any atom is 0.319 e. The van der Waals surface area contributed by atoms with Gasteiger partial charge < -0.3 is 29.6 Å². The fourth-order valence-electron chi connectivity index (χ4n) is 2.25. The predicted octanol–water partition coefficient (Wildman–Crippen LogP) is 3.04. The Hall–Kier alpha value is -3.09. The van der Waals surface area contributed by atoms with Crippen molar-refractivity contribution in [3.63, 3.8) is 0 Å². The first-order valence-corrected chi connectivity index (χ1v) is 7.59. The van der Waals surface area contributed by atoms with E-state index >= 15 is 0 Å². The van der Waals surface area contributed by atoms with Gasteiger partial charge in [0.15, 0.2) is 11.5 Å². The number of hydrogen-bond donors (Lipinski definition) is 2. The van der Waals surface area contributed by atoms with Gasteiger partial charge in [-0.25, -0.2) is 4.79 Å². The minimum atomic E-state index is -0.360. The highest BCUT2D eigenvalue weighted by molar-refractivity contribution is 5.91. The van der Waals surface area contributed by atoms with Gasteiger partial charge in [0.2, 0.25) is 0 Å². The van der Waals surface area contributed by atoms with Gasteiger partial charge in [-0.3, -0.25) is 0 Å². The number of anilines is 1. The molecule has 2 N–H and O–H groups in total. The lowest BCUT2D eigenvalue weighted by Gasteiger charge is -2.13. The van der Waals surface area contributed by atoms with Gasteiger partial charge in [0.25, 0.3) is 0 Å². The van der Waals surface area contributed by atoms with Crippen molar-refractivity contribution in [1.82, 2.24) is 5.32 Å². The normalized spacial score (nSPS) is 9.92. The van der Waals surface area contributed by atoms with Gasteiger partial charge in [-0.1, -0.05) is 6.07 Å². The smallest absolute Gasteiger partial charge is 0.319 e. The number of ether oxygens (including phenoxy) is 4. The Morgan fingerprint density at radius 2 is 1.52 bits per heavy atom. The highest BCUT2D eigenvalue weighted by Gasteiger charge is 2.10. The van der Waals surface area contributed by atoms with E-state index in [0.29, 0.717) is 35.2 Å². The highest BCUT2D eigenvalue weighted by atomic mass is 16.5. The zero-order chi connectivity index (χ0) is 18.2. The number of benzene rings is 2. The molecule has 0 aliphatic carbocycles. The van der Waals surface area contributed by atoms with E-state index in [0.717, 1.165) is 5.56 Å². The van der Waals surface area contributed by atoms with E-state index in [9.17, 15) is 4.79 Å². The Labute approximate surface area is 146 Å². The molecule has 0 aliphatic rings. The summed E-state index contributed by atoms with van der Waals surface area (Å²) in [5.41, 5.74) is 1.40. The molecule has 7 nitrogen and oxygen atoms in total. The van der Waals surface area contributed by atoms with Gasteiger partial charge in [-0.2, -0.15) is 0 Å². The SMILES string of the molecule is COc1ccc(OC)c(NC(=O)NCc2ccc(OC)c(OC)c2)c1. The number of carbonyl (C=O) groups excluding carboxylic acids is 1. The summed E-state index contributed by atoms with van der Waals surface area (Å²) in [6.07, 6.45) is 0. The molecule has 0 aliphatic heterocycles. The third kappa shape index (κ3) is 4.69. The summed E-state index contributed by atoms with van der Waals surface area (Å²) in [6, 6.07) is 10.3. The molecule has 25 heavy (non-hydrogen) atoms. The van der Waals surface area contributed by atoms with Crippen LogP contribution in [0.25, 0.3) is 0 Å². The second-order valence-electron chi connectivity index (χ2n) is 5.06. The van der Waals surface area contributed by atoms with E-state index < -0.39 is 0 Å². The van der Waals surface area contributed by atoms with Gasteiger partial charge >= 0.3 is 6.03 Å². The molecular weight excluding hydrogens is 324 g/mol. The summed E-state index contributed by atoms with van der Waals surface area (Å²) in [6.45, 7) is 0.332. The number of amides is 2. The summed E-state index contributed by atoms with van der Waals surface area (Å²) >= 11 is 0. The third-order valence-corrected chi connectivity index (χ3v) is 3.56. The van der Waals surface area contributed by atoms with Crippen molar-refractivity contribution in [2.75, 3.05) is 33.8 Å². The second kappa shape index (κ2) is 8.68. The Morgan fingerprint density at radius 1 is 0.840 bits per heavy atom. The number of carbonyl (C=O) groups is 1. The van der Waals surface area contributed by atoms with E-state index in [2.05, 4.69) is 10.6 Å². The zero-order valence-corrected chi connectivity index (χ0v) is 14.7. The van der Waals surface area contributed by atoms with E-state index in [-0.39, 0.29) is 6.03 Å². The van der Waals surface area contributed by atoms with Crippen LogP contribution in [0.2, 0.25) is 0 Å². The minimum absolute atomic E-state index is 0.332. The van der Waals surface area contributed by atoms with Crippen molar-refractivity contribution < 1.29 is 23.7 Å². The number of hydrogen-bond acceptors (Lipinski definition) is 5. The van der Waals surface area contributed by atoms with Crippen LogP contribution >= 0.6 is 0 Å². The van der Waals surface area contributed by atoms with Crippen molar-refractivity contribution in [1.29, 1.82) is 0 Å². The zero-order valence-electron chi connectivity index (χ0n) is 14.7. The van der Waals surface area contributed by atoms with Crippen molar-refractivity contribution in [2.45, 2.75) is 6.54 Å². The molecule has 2 aromatic carbocycles. The minimum Gasteiger partial charge on any atom is -0.497 e. The molecule has 0 fully saturated rings. The summed E-state index contributed by atoms with van der Waals surface area (Å²) in [5, 5.41) is 5.53. The lowest BCUT2D eigenvalue weighted by atomic mass is 10.2. The monoisotopic (exact) mass is 346 g/mol. The first kappa shape index (κ1) is 18.3. The number of nitrogens with one attached hydrogen (secondary N) is 2. The molecule has 0 aromatic heterocycles. The largest absolute Gasteiger partial charge is 0.497 e. The molecule has 7 heteroatoms. The Morgan fingerprint density at radius 3 is 2.16 bits per heavy atom. The molecule has 0 heterocycles. The van der Waals surface area contributed by atoms with Crippen LogP contribution in [0, 0.1) is 0 Å².